The highest BCUT2D eigenvalue weighted by atomic mass is 32.2. The van der Waals surface area contributed by atoms with Crippen molar-refractivity contribution >= 4 is 17.7 Å². The van der Waals surface area contributed by atoms with Crippen LogP contribution in [0.15, 0.2) is 17.7 Å². The van der Waals surface area contributed by atoms with Gasteiger partial charge in [0.25, 0.3) is 0 Å². The highest BCUT2D eigenvalue weighted by molar-refractivity contribution is 7.99. The first-order chi connectivity index (χ1) is 18.2. The maximum atomic E-state index is 11.5. The van der Waals surface area contributed by atoms with Gasteiger partial charge in [-0.1, -0.05) is 66.0 Å². The molecule has 218 valence electrons. The highest BCUT2D eigenvalue weighted by Gasteiger charge is 2.62. The molecule has 1 aromatic carbocycles. The lowest BCUT2D eigenvalue weighted by Gasteiger charge is -2.66. The Hall–Kier alpha value is -1.66. The van der Waals surface area contributed by atoms with Crippen molar-refractivity contribution in [3.05, 3.63) is 34.4 Å². The van der Waals surface area contributed by atoms with E-state index in [9.17, 15) is 20.1 Å². The number of carbonyl (C=O) groups is 1. The third kappa shape index (κ3) is 4.92. The van der Waals surface area contributed by atoms with Gasteiger partial charge in [0, 0.05) is 16.4 Å². The van der Waals surface area contributed by atoms with Gasteiger partial charge in [0.05, 0.1) is 0 Å². The molecule has 6 heteroatoms. The zero-order chi connectivity index (χ0) is 29.0. The number of aromatic hydroxyl groups is 2. The molecule has 39 heavy (non-hydrogen) atoms. The van der Waals surface area contributed by atoms with Gasteiger partial charge in [-0.3, -0.25) is 4.79 Å². The van der Waals surface area contributed by atoms with E-state index in [1.807, 2.05) is 6.92 Å². The Morgan fingerprint density at radius 1 is 1.15 bits per heavy atom. The molecular weight excluding hydrogens is 506 g/mol. The average molecular weight is 558 g/mol. The number of phenols is 2. The molecule has 2 saturated carbocycles. The predicted molar refractivity (Wildman–Crippen MR) is 161 cm³/mol. The van der Waals surface area contributed by atoms with Crippen LogP contribution in [0.2, 0.25) is 0 Å². The Bertz CT molecular complexity index is 1150. The van der Waals surface area contributed by atoms with Crippen molar-refractivity contribution in [3.8, 4) is 11.5 Å². The normalized spacial score (nSPS) is 35.3. The topological polar surface area (TPSA) is 104 Å². The standard InChI is InChI=1S/C33H51NO4S/c1-8-20(3)10-11-30(5)12-14-32(7)26-17-25(39-18-23(34)29(37)38)27-21(4)28(36)24(35)16-22(27)31(26,6)13-15-33(32,9-2)19-30/h16-17,20,23,25,35-36H,8-15,18-19,34H2,1-7H3,(H,37,38)/t20-,23-,25?,30-,31+,32-,33+/m1/s1. The number of benzene rings is 1. The van der Waals surface area contributed by atoms with Crippen molar-refractivity contribution in [1.29, 1.82) is 0 Å². The number of hydrogen-bond donors (Lipinski definition) is 4. The number of carboxylic acids is 1. The minimum absolute atomic E-state index is 0.0114. The van der Waals surface area contributed by atoms with E-state index in [0.717, 1.165) is 42.7 Å². The van der Waals surface area contributed by atoms with Crippen LogP contribution < -0.4 is 5.73 Å². The van der Waals surface area contributed by atoms with Gasteiger partial charge in [-0.15, -0.1) is 11.8 Å². The van der Waals surface area contributed by atoms with Crippen molar-refractivity contribution in [3.63, 3.8) is 0 Å². The van der Waals surface area contributed by atoms with Crippen LogP contribution in [0.25, 0.3) is 0 Å². The Labute approximate surface area is 240 Å². The molecule has 0 bridgehead atoms. The maximum Gasteiger partial charge on any atom is 0.321 e. The van der Waals surface area contributed by atoms with Gasteiger partial charge >= 0.3 is 5.97 Å². The van der Waals surface area contributed by atoms with Crippen LogP contribution in [-0.4, -0.2) is 33.1 Å². The summed E-state index contributed by atoms with van der Waals surface area (Å²) in [7, 11) is 0. The summed E-state index contributed by atoms with van der Waals surface area (Å²) in [6.07, 6.45) is 13.1. The van der Waals surface area contributed by atoms with E-state index in [-0.39, 0.29) is 38.7 Å². The zero-order valence-corrected chi connectivity index (χ0v) is 26.0. The Morgan fingerprint density at radius 3 is 2.46 bits per heavy atom. The van der Waals surface area contributed by atoms with E-state index in [4.69, 9.17) is 5.73 Å². The number of rotatable bonds is 9. The van der Waals surface area contributed by atoms with Crippen LogP contribution >= 0.6 is 11.8 Å². The second-order valence-corrected chi connectivity index (χ2v) is 15.1. The van der Waals surface area contributed by atoms with E-state index in [0.29, 0.717) is 11.0 Å². The molecule has 0 heterocycles. The number of carboxylic acid groups (broad SMARTS) is 1. The lowest BCUT2D eigenvalue weighted by molar-refractivity contribution is -0.137. The molecule has 3 aliphatic carbocycles. The van der Waals surface area contributed by atoms with Gasteiger partial charge in [-0.25, -0.2) is 0 Å². The molecule has 0 aliphatic heterocycles. The largest absolute Gasteiger partial charge is 0.504 e. The van der Waals surface area contributed by atoms with Gasteiger partial charge in [-0.2, -0.15) is 0 Å². The maximum absolute atomic E-state index is 11.5. The van der Waals surface area contributed by atoms with Crippen molar-refractivity contribution in [2.75, 3.05) is 5.75 Å². The number of thioether (sulfide) groups is 1. The molecular formula is C33H51NO4S. The molecule has 5 N–H and O–H groups in total. The molecule has 1 unspecified atom stereocenters. The van der Waals surface area contributed by atoms with E-state index >= 15 is 0 Å². The van der Waals surface area contributed by atoms with Crippen LogP contribution in [0.3, 0.4) is 0 Å². The number of phenolic OH excluding ortho intramolecular Hbond substituents is 2. The third-order valence-corrected chi connectivity index (χ3v) is 12.9. The van der Waals surface area contributed by atoms with E-state index in [1.165, 1.54) is 37.7 Å². The zero-order valence-electron chi connectivity index (χ0n) is 25.2. The summed E-state index contributed by atoms with van der Waals surface area (Å²) in [6, 6.07) is 0.838. The van der Waals surface area contributed by atoms with E-state index < -0.39 is 12.0 Å². The summed E-state index contributed by atoms with van der Waals surface area (Å²) < 4.78 is 0. The molecule has 2 fully saturated rings. The number of fused-ring (bicyclic) bond motifs is 5. The fourth-order valence-electron chi connectivity index (χ4n) is 8.56. The van der Waals surface area contributed by atoms with E-state index in [1.54, 1.807) is 17.8 Å². The summed E-state index contributed by atoms with van der Waals surface area (Å²) in [4.78, 5) is 11.5. The molecule has 7 atom stereocenters. The Kier molecular flexibility index (Phi) is 8.26. The summed E-state index contributed by atoms with van der Waals surface area (Å²) in [5, 5.41) is 30.8. The lowest BCUT2D eigenvalue weighted by Crippen LogP contribution is -2.57. The molecule has 0 saturated heterocycles. The van der Waals surface area contributed by atoms with Crippen molar-refractivity contribution < 1.29 is 20.1 Å². The highest BCUT2D eigenvalue weighted by Crippen LogP contribution is 2.72. The monoisotopic (exact) mass is 557 g/mol. The summed E-state index contributed by atoms with van der Waals surface area (Å²) in [5.74, 6) is -0.104. The first-order valence-corrected chi connectivity index (χ1v) is 16.1. The minimum Gasteiger partial charge on any atom is -0.504 e. The minimum atomic E-state index is -1.00. The van der Waals surface area contributed by atoms with Crippen molar-refractivity contribution in [2.24, 2.45) is 27.9 Å². The quantitative estimate of drug-likeness (QED) is 0.181. The molecule has 3 aliphatic rings. The van der Waals surface area contributed by atoms with Gasteiger partial charge in [0.2, 0.25) is 0 Å². The Morgan fingerprint density at radius 2 is 1.85 bits per heavy atom. The fourth-order valence-corrected chi connectivity index (χ4v) is 9.82. The van der Waals surface area contributed by atoms with Crippen molar-refractivity contribution in [2.45, 2.75) is 123 Å². The summed E-state index contributed by atoms with van der Waals surface area (Å²) in [5.41, 5.74) is 10.5. The predicted octanol–water partition coefficient (Wildman–Crippen LogP) is 8.00. The lowest BCUT2D eigenvalue weighted by atomic mass is 9.39. The third-order valence-electron chi connectivity index (χ3n) is 11.6. The second kappa shape index (κ2) is 10.6. The summed E-state index contributed by atoms with van der Waals surface area (Å²) in [6.45, 7) is 16.3. The van der Waals surface area contributed by atoms with E-state index in [2.05, 4.69) is 47.6 Å². The molecule has 0 spiro atoms. The first kappa shape index (κ1) is 30.3. The van der Waals surface area contributed by atoms with Crippen LogP contribution in [0, 0.1) is 29.1 Å². The number of nitrogens with two attached hydrogens (primary N) is 1. The van der Waals surface area contributed by atoms with Crippen LogP contribution in [0.1, 0.15) is 121 Å². The second-order valence-electron chi connectivity index (χ2n) is 13.9. The smallest absolute Gasteiger partial charge is 0.321 e. The number of aliphatic carboxylic acids is 1. The SMILES string of the molecule is CC[C@@H](C)CC[C@]1(C)CC[C@]2(C)C3=CC(SC[C@@H](N)C(=O)O)c4c(cc(O)c(O)c4C)[C@]3(C)CC[C@@]2(CC)C1. The summed E-state index contributed by atoms with van der Waals surface area (Å²) >= 11 is 1.54. The molecule has 0 aromatic heterocycles. The molecule has 0 amide bonds. The van der Waals surface area contributed by atoms with Crippen LogP contribution in [0.5, 0.6) is 11.5 Å². The van der Waals surface area contributed by atoms with Crippen LogP contribution in [0.4, 0.5) is 0 Å². The van der Waals surface area contributed by atoms with Gasteiger partial charge in [0.15, 0.2) is 11.5 Å². The van der Waals surface area contributed by atoms with Gasteiger partial charge < -0.3 is 21.1 Å². The first-order valence-electron chi connectivity index (χ1n) is 15.1. The number of hydrogen-bond acceptors (Lipinski definition) is 5. The van der Waals surface area contributed by atoms with Gasteiger partial charge in [0.1, 0.15) is 6.04 Å². The van der Waals surface area contributed by atoms with Crippen LogP contribution in [-0.2, 0) is 10.2 Å². The fraction of sp³-hybridized carbons (Fsp3) is 0.727. The van der Waals surface area contributed by atoms with Gasteiger partial charge in [-0.05, 0) is 96.8 Å². The molecule has 5 nitrogen and oxygen atoms in total. The molecule has 4 rings (SSSR count). The molecule has 0 radical (unpaired) electrons. The average Bonchev–Trinajstić information content (AvgIpc) is 2.90. The number of allylic oxidation sites excluding steroid dienone is 1. The Balaban J connectivity index is 1.80. The van der Waals surface area contributed by atoms with Crippen molar-refractivity contribution in [1.82, 2.24) is 0 Å². The molecule has 1 aromatic rings.